The summed E-state index contributed by atoms with van der Waals surface area (Å²) in [5.41, 5.74) is 3.93. The molecule has 2 aromatic carbocycles. The molecule has 2 N–H and O–H groups in total. The van der Waals surface area contributed by atoms with E-state index >= 15 is 0 Å². The Balaban J connectivity index is 2.05. The predicted octanol–water partition coefficient (Wildman–Crippen LogP) is 4.44. The van der Waals surface area contributed by atoms with Gasteiger partial charge in [0.05, 0.1) is 12.5 Å². The van der Waals surface area contributed by atoms with Crippen LogP contribution >= 0.6 is 0 Å². The number of hydrogen-bond acceptors (Lipinski definition) is 3. The van der Waals surface area contributed by atoms with Crippen LogP contribution in [0.5, 0.6) is 0 Å². The van der Waals surface area contributed by atoms with Gasteiger partial charge in [-0.3, -0.25) is 9.59 Å². The average Bonchev–Trinajstić information content (AvgIpc) is 2.63. The minimum atomic E-state index is -0.353. The summed E-state index contributed by atoms with van der Waals surface area (Å²) in [4.78, 5) is 26.4. The molecule has 0 fully saturated rings. The van der Waals surface area contributed by atoms with Crippen molar-refractivity contribution >= 4 is 23.2 Å². The number of rotatable bonds is 8. The third kappa shape index (κ3) is 6.12. The molecule has 0 saturated heterocycles. The monoisotopic (exact) mass is 381 g/mol. The first-order valence-electron chi connectivity index (χ1n) is 9.80. The van der Waals surface area contributed by atoms with Gasteiger partial charge in [-0.25, -0.2) is 0 Å². The van der Waals surface area contributed by atoms with Gasteiger partial charge in [0, 0.05) is 30.9 Å². The Labute approximate surface area is 168 Å². The van der Waals surface area contributed by atoms with Crippen molar-refractivity contribution in [2.75, 3.05) is 16.8 Å². The first-order valence-corrected chi connectivity index (χ1v) is 9.80. The third-order valence-electron chi connectivity index (χ3n) is 4.69. The van der Waals surface area contributed by atoms with Crippen molar-refractivity contribution in [3.8, 4) is 0 Å². The zero-order valence-electron chi connectivity index (χ0n) is 17.5. The SMILES string of the molecule is CCN(c1ccc(NC(=O)CC(NC(C)=O)c2ccc(C)cc2)cc1)C(C)C. The fourth-order valence-electron chi connectivity index (χ4n) is 3.28. The zero-order chi connectivity index (χ0) is 20.7. The van der Waals surface area contributed by atoms with Gasteiger partial charge in [0.2, 0.25) is 11.8 Å². The standard InChI is InChI=1S/C23H31N3O2/c1-6-26(16(2)3)21-13-11-20(12-14-21)25-23(28)15-22(24-18(5)27)19-9-7-17(4)8-10-19/h7-14,16,22H,6,15H2,1-5H3,(H,24,27)(H,25,28). The summed E-state index contributed by atoms with van der Waals surface area (Å²) < 4.78 is 0. The lowest BCUT2D eigenvalue weighted by atomic mass is 10.0. The number of benzene rings is 2. The minimum absolute atomic E-state index is 0.136. The van der Waals surface area contributed by atoms with Gasteiger partial charge in [-0.1, -0.05) is 29.8 Å². The Hall–Kier alpha value is -2.82. The van der Waals surface area contributed by atoms with Gasteiger partial charge >= 0.3 is 0 Å². The molecule has 0 aliphatic rings. The van der Waals surface area contributed by atoms with Gasteiger partial charge in [0.15, 0.2) is 0 Å². The molecule has 0 bridgehead atoms. The van der Waals surface area contributed by atoms with E-state index in [0.717, 1.165) is 29.0 Å². The smallest absolute Gasteiger partial charge is 0.226 e. The average molecular weight is 382 g/mol. The highest BCUT2D eigenvalue weighted by molar-refractivity contribution is 5.91. The van der Waals surface area contributed by atoms with Crippen LogP contribution in [0.2, 0.25) is 0 Å². The maximum absolute atomic E-state index is 12.6. The van der Waals surface area contributed by atoms with E-state index in [9.17, 15) is 9.59 Å². The second-order valence-corrected chi connectivity index (χ2v) is 7.34. The molecule has 5 heteroatoms. The Kier molecular flexibility index (Phi) is 7.61. The summed E-state index contributed by atoms with van der Waals surface area (Å²) in [5.74, 6) is -0.292. The summed E-state index contributed by atoms with van der Waals surface area (Å²) in [6, 6.07) is 15.8. The van der Waals surface area contributed by atoms with E-state index in [4.69, 9.17) is 0 Å². The van der Waals surface area contributed by atoms with Crippen LogP contribution in [0.15, 0.2) is 48.5 Å². The molecule has 5 nitrogen and oxygen atoms in total. The largest absolute Gasteiger partial charge is 0.369 e. The highest BCUT2D eigenvalue weighted by atomic mass is 16.2. The molecular formula is C23H31N3O2. The molecule has 2 rings (SSSR count). The lowest BCUT2D eigenvalue weighted by Crippen LogP contribution is -2.30. The highest BCUT2D eigenvalue weighted by Crippen LogP contribution is 2.22. The summed E-state index contributed by atoms with van der Waals surface area (Å²) in [7, 11) is 0. The Morgan fingerprint density at radius 1 is 1.00 bits per heavy atom. The molecule has 2 amide bonds. The van der Waals surface area contributed by atoms with Crippen molar-refractivity contribution in [1.82, 2.24) is 5.32 Å². The van der Waals surface area contributed by atoms with Crippen molar-refractivity contribution in [1.29, 1.82) is 0 Å². The predicted molar refractivity (Wildman–Crippen MR) is 116 cm³/mol. The van der Waals surface area contributed by atoms with Gasteiger partial charge in [-0.15, -0.1) is 0 Å². The molecule has 1 unspecified atom stereocenters. The second kappa shape index (κ2) is 9.93. The van der Waals surface area contributed by atoms with Crippen LogP contribution < -0.4 is 15.5 Å². The number of aryl methyl sites for hydroxylation is 1. The molecule has 0 aromatic heterocycles. The van der Waals surface area contributed by atoms with Gasteiger partial charge in [-0.2, -0.15) is 0 Å². The van der Waals surface area contributed by atoms with E-state index in [0.29, 0.717) is 6.04 Å². The Morgan fingerprint density at radius 3 is 2.11 bits per heavy atom. The van der Waals surface area contributed by atoms with Crippen molar-refractivity contribution in [2.45, 2.75) is 53.1 Å². The molecule has 28 heavy (non-hydrogen) atoms. The fourth-order valence-corrected chi connectivity index (χ4v) is 3.28. The van der Waals surface area contributed by atoms with Gasteiger partial charge < -0.3 is 15.5 Å². The first kappa shape index (κ1) is 21.5. The lowest BCUT2D eigenvalue weighted by molar-refractivity contribution is -0.120. The highest BCUT2D eigenvalue weighted by Gasteiger charge is 2.17. The summed E-state index contributed by atoms with van der Waals surface area (Å²) in [5, 5.41) is 5.80. The van der Waals surface area contributed by atoms with Crippen LogP contribution in [0, 0.1) is 6.92 Å². The molecular weight excluding hydrogens is 350 g/mol. The van der Waals surface area contributed by atoms with Crippen LogP contribution in [0.1, 0.15) is 51.3 Å². The molecule has 0 aliphatic carbocycles. The van der Waals surface area contributed by atoms with Crippen molar-refractivity contribution < 1.29 is 9.59 Å². The minimum Gasteiger partial charge on any atom is -0.369 e. The van der Waals surface area contributed by atoms with Gasteiger partial charge in [0.25, 0.3) is 0 Å². The van der Waals surface area contributed by atoms with Crippen LogP contribution in [-0.4, -0.2) is 24.4 Å². The van der Waals surface area contributed by atoms with Crippen LogP contribution in [0.25, 0.3) is 0 Å². The zero-order valence-corrected chi connectivity index (χ0v) is 17.5. The van der Waals surface area contributed by atoms with Crippen LogP contribution in [0.3, 0.4) is 0 Å². The normalized spacial score (nSPS) is 11.8. The molecule has 0 heterocycles. The van der Waals surface area contributed by atoms with E-state index in [1.807, 2.05) is 55.5 Å². The molecule has 0 spiro atoms. The van der Waals surface area contributed by atoms with Crippen molar-refractivity contribution in [3.63, 3.8) is 0 Å². The van der Waals surface area contributed by atoms with Gasteiger partial charge in [-0.05, 0) is 57.5 Å². The summed E-state index contributed by atoms with van der Waals surface area (Å²) in [6.45, 7) is 10.8. The molecule has 0 radical (unpaired) electrons. The van der Waals surface area contributed by atoms with Gasteiger partial charge in [0.1, 0.15) is 0 Å². The molecule has 1 atom stereocenters. The van der Waals surface area contributed by atoms with E-state index in [1.165, 1.54) is 6.92 Å². The topological polar surface area (TPSA) is 61.4 Å². The number of carbonyl (C=O) groups excluding carboxylic acids is 2. The molecule has 2 aromatic rings. The van der Waals surface area contributed by atoms with E-state index in [-0.39, 0.29) is 24.3 Å². The second-order valence-electron chi connectivity index (χ2n) is 7.34. The number of nitrogens with zero attached hydrogens (tertiary/aromatic N) is 1. The van der Waals surface area contributed by atoms with E-state index < -0.39 is 0 Å². The third-order valence-corrected chi connectivity index (χ3v) is 4.69. The van der Waals surface area contributed by atoms with E-state index in [2.05, 4.69) is 36.3 Å². The maximum Gasteiger partial charge on any atom is 0.226 e. The summed E-state index contributed by atoms with van der Waals surface area (Å²) >= 11 is 0. The fraction of sp³-hybridized carbons (Fsp3) is 0.391. The van der Waals surface area contributed by atoms with Crippen LogP contribution in [0.4, 0.5) is 11.4 Å². The molecule has 150 valence electrons. The molecule has 0 aliphatic heterocycles. The lowest BCUT2D eigenvalue weighted by Gasteiger charge is -2.27. The number of carbonyl (C=O) groups is 2. The number of nitrogens with one attached hydrogen (secondary N) is 2. The maximum atomic E-state index is 12.6. The Morgan fingerprint density at radius 2 is 1.61 bits per heavy atom. The van der Waals surface area contributed by atoms with E-state index in [1.54, 1.807) is 0 Å². The summed E-state index contributed by atoms with van der Waals surface area (Å²) in [6.07, 6.45) is 0.178. The molecule has 0 saturated carbocycles. The Bertz CT molecular complexity index is 782. The van der Waals surface area contributed by atoms with Crippen molar-refractivity contribution in [3.05, 3.63) is 59.7 Å². The van der Waals surface area contributed by atoms with Crippen LogP contribution in [-0.2, 0) is 9.59 Å². The number of hydrogen-bond donors (Lipinski definition) is 2. The number of amides is 2. The first-order chi connectivity index (χ1) is 13.3. The quantitative estimate of drug-likeness (QED) is 0.711. The number of anilines is 2. The van der Waals surface area contributed by atoms with Crippen molar-refractivity contribution in [2.24, 2.45) is 0 Å².